The summed E-state index contributed by atoms with van der Waals surface area (Å²) < 4.78 is 12.3. The molecule has 5 rings (SSSR count). The molecule has 3 aliphatic rings. The van der Waals surface area contributed by atoms with Crippen LogP contribution in [0, 0.1) is 6.92 Å². The minimum Gasteiger partial charge on any atom is -0.461 e. The normalized spacial score (nSPS) is 22.5. The Morgan fingerprint density at radius 2 is 2.08 bits per heavy atom. The first kappa shape index (κ1) is 15.3. The molecule has 1 atom stereocenters. The molecular weight excluding hydrogens is 310 g/mol. The van der Waals surface area contributed by atoms with E-state index in [0.29, 0.717) is 0 Å². The van der Waals surface area contributed by atoms with Crippen molar-refractivity contribution in [1.29, 1.82) is 0 Å². The third kappa shape index (κ3) is 2.44. The van der Waals surface area contributed by atoms with Gasteiger partial charge in [-0.05, 0) is 49.8 Å². The Balaban J connectivity index is 1.71. The second kappa shape index (κ2) is 6.06. The van der Waals surface area contributed by atoms with E-state index < -0.39 is 0 Å². The molecule has 1 saturated heterocycles. The predicted octanol–water partition coefficient (Wildman–Crippen LogP) is 5.03. The van der Waals surface area contributed by atoms with E-state index in [0.717, 1.165) is 44.1 Å². The fraction of sp³-hybridized carbons (Fsp3) is 0.455. The summed E-state index contributed by atoms with van der Waals surface area (Å²) >= 11 is 0. The van der Waals surface area contributed by atoms with Gasteiger partial charge in [-0.25, -0.2) is 0 Å². The second-order valence-corrected chi connectivity index (χ2v) is 7.44. The van der Waals surface area contributed by atoms with Crippen molar-refractivity contribution in [3.63, 3.8) is 0 Å². The van der Waals surface area contributed by atoms with Crippen LogP contribution in [0.15, 0.2) is 34.8 Å². The van der Waals surface area contributed by atoms with Crippen molar-refractivity contribution < 1.29 is 9.15 Å². The van der Waals surface area contributed by atoms with Crippen LogP contribution in [0.25, 0.3) is 5.57 Å². The number of aryl methyl sites for hydroxylation is 1. The molecule has 0 N–H and O–H groups in total. The van der Waals surface area contributed by atoms with Crippen LogP contribution in [-0.2, 0) is 11.2 Å². The summed E-state index contributed by atoms with van der Waals surface area (Å²) in [4.78, 5) is 2.55. The number of morpholine rings is 1. The fourth-order valence-corrected chi connectivity index (χ4v) is 4.71. The minimum atomic E-state index is 0.266. The molecule has 0 saturated carbocycles. The van der Waals surface area contributed by atoms with Crippen LogP contribution < -0.4 is 4.90 Å². The Bertz CT molecular complexity index is 833. The average Bonchev–Trinajstić information content (AvgIpc) is 2.91. The zero-order valence-corrected chi connectivity index (χ0v) is 14.9. The van der Waals surface area contributed by atoms with E-state index >= 15 is 0 Å². The summed E-state index contributed by atoms with van der Waals surface area (Å²) in [6.45, 7) is 4.63. The molecule has 0 spiro atoms. The van der Waals surface area contributed by atoms with Crippen LogP contribution in [0.1, 0.15) is 59.9 Å². The van der Waals surface area contributed by atoms with Gasteiger partial charge in [-0.1, -0.05) is 24.3 Å². The molecule has 1 aromatic carbocycles. The fourth-order valence-electron chi connectivity index (χ4n) is 4.71. The van der Waals surface area contributed by atoms with E-state index in [2.05, 4.69) is 42.2 Å². The zero-order chi connectivity index (χ0) is 16.8. The number of hydrogen-bond donors (Lipinski definition) is 0. The van der Waals surface area contributed by atoms with Crippen molar-refractivity contribution in [2.75, 3.05) is 24.7 Å². The lowest BCUT2D eigenvalue weighted by Crippen LogP contribution is -2.39. The molecule has 25 heavy (non-hydrogen) atoms. The molecule has 3 heterocycles. The summed E-state index contributed by atoms with van der Waals surface area (Å²) in [5.41, 5.74) is 6.96. The van der Waals surface area contributed by atoms with Crippen LogP contribution in [0.5, 0.6) is 0 Å². The molecule has 1 fully saturated rings. The quantitative estimate of drug-likeness (QED) is 0.731. The first-order chi connectivity index (χ1) is 12.3. The smallest absolute Gasteiger partial charge is 0.135 e. The monoisotopic (exact) mass is 335 g/mol. The van der Waals surface area contributed by atoms with Gasteiger partial charge in [0.25, 0.3) is 0 Å². The van der Waals surface area contributed by atoms with Gasteiger partial charge < -0.3 is 14.1 Å². The van der Waals surface area contributed by atoms with Crippen LogP contribution >= 0.6 is 0 Å². The van der Waals surface area contributed by atoms with Crippen LogP contribution in [0.4, 0.5) is 5.69 Å². The van der Waals surface area contributed by atoms with Crippen molar-refractivity contribution >= 4 is 11.3 Å². The number of anilines is 1. The molecule has 0 radical (unpaired) electrons. The standard InChI is InChI=1S/C22H25NO2/c1-15-18-13-17-9-5-6-10-19(17)23-11-12-24-14-20(23)21(18)22(25-15)16-7-3-2-4-8-16/h5-7,9-10,20H,2-4,8,11-14H2,1H3. The van der Waals surface area contributed by atoms with Gasteiger partial charge in [0, 0.05) is 29.8 Å². The Hall–Kier alpha value is -2.00. The van der Waals surface area contributed by atoms with Gasteiger partial charge in [-0.3, -0.25) is 0 Å². The molecule has 1 aliphatic carbocycles. The summed E-state index contributed by atoms with van der Waals surface area (Å²) in [7, 11) is 0. The highest BCUT2D eigenvalue weighted by Crippen LogP contribution is 2.45. The van der Waals surface area contributed by atoms with Gasteiger partial charge in [0.1, 0.15) is 11.5 Å². The first-order valence-corrected chi connectivity index (χ1v) is 9.57. The highest BCUT2D eigenvalue weighted by atomic mass is 16.5. The zero-order valence-electron chi connectivity index (χ0n) is 14.9. The molecule has 1 aromatic heterocycles. The van der Waals surface area contributed by atoms with Crippen molar-refractivity contribution in [3.05, 3.63) is 58.6 Å². The summed E-state index contributed by atoms with van der Waals surface area (Å²) in [6, 6.07) is 9.11. The second-order valence-electron chi connectivity index (χ2n) is 7.44. The van der Waals surface area contributed by atoms with Gasteiger partial charge in [0.15, 0.2) is 0 Å². The average molecular weight is 335 g/mol. The lowest BCUT2D eigenvalue weighted by atomic mass is 9.91. The number of furan rings is 1. The number of hydrogen-bond acceptors (Lipinski definition) is 3. The molecule has 2 aromatic rings. The number of nitrogens with zero attached hydrogens (tertiary/aromatic N) is 1. The third-order valence-corrected chi connectivity index (χ3v) is 5.96. The summed E-state index contributed by atoms with van der Waals surface area (Å²) in [5, 5.41) is 0. The van der Waals surface area contributed by atoms with Crippen molar-refractivity contribution in [2.24, 2.45) is 0 Å². The SMILES string of the molecule is Cc1oc(C2=CCCCC2)c2c1Cc1ccccc1N1CCOCC21. The van der Waals surface area contributed by atoms with E-state index in [1.54, 1.807) is 0 Å². The molecule has 0 bridgehead atoms. The number of ether oxygens (including phenoxy) is 1. The summed E-state index contributed by atoms with van der Waals surface area (Å²) in [5.74, 6) is 2.22. The first-order valence-electron chi connectivity index (χ1n) is 9.57. The Labute approximate surface area is 149 Å². The number of rotatable bonds is 1. The lowest BCUT2D eigenvalue weighted by molar-refractivity contribution is 0.0939. The highest BCUT2D eigenvalue weighted by Gasteiger charge is 2.36. The third-order valence-electron chi connectivity index (χ3n) is 5.96. The predicted molar refractivity (Wildman–Crippen MR) is 100 cm³/mol. The van der Waals surface area contributed by atoms with Gasteiger partial charge in [-0.2, -0.15) is 0 Å². The van der Waals surface area contributed by atoms with Crippen LogP contribution in [0.3, 0.4) is 0 Å². The number of para-hydroxylation sites is 1. The van der Waals surface area contributed by atoms with E-state index in [4.69, 9.17) is 9.15 Å². The maximum Gasteiger partial charge on any atom is 0.135 e. The van der Waals surface area contributed by atoms with Gasteiger partial charge in [-0.15, -0.1) is 0 Å². The van der Waals surface area contributed by atoms with Gasteiger partial charge in [0.2, 0.25) is 0 Å². The molecule has 130 valence electrons. The van der Waals surface area contributed by atoms with Gasteiger partial charge >= 0.3 is 0 Å². The molecule has 3 heteroatoms. The van der Waals surface area contributed by atoms with Crippen molar-refractivity contribution in [2.45, 2.75) is 45.1 Å². The van der Waals surface area contributed by atoms with E-state index in [1.165, 1.54) is 47.2 Å². The maximum atomic E-state index is 6.38. The van der Waals surface area contributed by atoms with E-state index in [-0.39, 0.29) is 6.04 Å². The minimum absolute atomic E-state index is 0.266. The Morgan fingerprint density at radius 1 is 1.16 bits per heavy atom. The molecule has 2 aliphatic heterocycles. The lowest BCUT2D eigenvalue weighted by Gasteiger charge is -2.37. The number of allylic oxidation sites excluding steroid dienone is 2. The van der Waals surface area contributed by atoms with Crippen LogP contribution in [0.2, 0.25) is 0 Å². The number of fused-ring (bicyclic) bond motifs is 5. The number of benzene rings is 1. The molecule has 0 amide bonds. The van der Waals surface area contributed by atoms with Gasteiger partial charge in [0.05, 0.1) is 19.3 Å². The van der Waals surface area contributed by atoms with E-state index in [9.17, 15) is 0 Å². The van der Waals surface area contributed by atoms with Crippen molar-refractivity contribution in [1.82, 2.24) is 0 Å². The maximum absolute atomic E-state index is 6.38. The van der Waals surface area contributed by atoms with Crippen molar-refractivity contribution in [3.8, 4) is 0 Å². The topological polar surface area (TPSA) is 25.6 Å². The largest absolute Gasteiger partial charge is 0.461 e. The molecular formula is C22H25NO2. The van der Waals surface area contributed by atoms with Crippen LogP contribution in [-0.4, -0.2) is 19.8 Å². The highest BCUT2D eigenvalue weighted by molar-refractivity contribution is 5.70. The Morgan fingerprint density at radius 3 is 2.96 bits per heavy atom. The summed E-state index contributed by atoms with van der Waals surface area (Å²) in [6.07, 6.45) is 8.24. The molecule has 3 nitrogen and oxygen atoms in total. The van der Waals surface area contributed by atoms with E-state index in [1.807, 2.05) is 0 Å². The molecule has 1 unspecified atom stereocenters. The Kier molecular flexibility index (Phi) is 3.70.